The summed E-state index contributed by atoms with van der Waals surface area (Å²) in [6.07, 6.45) is 0. The highest BCUT2D eigenvalue weighted by Crippen LogP contribution is 2.19. The van der Waals surface area contributed by atoms with E-state index in [0.29, 0.717) is 19.8 Å². The molecule has 0 spiro atoms. The summed E-state index contributed by atoms with van der Waals surface area (Å²) in [6.45, 7) is 1.66. The van der Waals surface area contributed by atoms with Crippen LogP contribution in [0.1, 0.15) is 5.56 Å². The Balaban J connectivity index is 2.00. The Labute approximate surface area is 101 Å². The summed E-state index contributed by atoms with van der Waals surface area (Å²) in [5, 5.41) is 2.47. The fourth-order valence-corrected chi connectivity index (χ4v) is 2.22. The van der Waals surface area contributed by atoms with Crippen LogP contribution < -0.4 is 11.2 Å². The predicted molar refractivity (Wildman–Crippen MR) is 69.1 cm³/mol. The summed E-state index contributed by atoms with van der Waals surface area (Å²) in [5.41, 5.74) is 7.79. The van der Waals surface area contributed by atoms with Crippen LogP contribution in [-0.4, -0.2) is 20.3 Å². The molecule has 3 rings (SSSR count). The van der Waals surface area contributed by atoms with E-state index in [1.807, 2.05) is 12.1 Å². The maximum Gasteiger partial charge on any atom is 0.494 e. The van der Waals surface area contributed by atoms with E-state index in [1.165, 1.54) is 16.3 Å². The second-order valence-corrected chi connectivity index (χ2v) is 4.20. The maximum absolute atomic E-state index is 5.62. The summed E-state index contributed by atoms with van der Waals surface area (Å²) in [7, 11) is -0.252. The van der Waals surface area contributed by atoms with E-state index >= 15 is 0 Å². The first-order chi connectivity index (χ1) is 8.38. The van der Waals surface area contributed by atoms with Gasteiger partial charge < -0.3 is 15.0 Å². The first kappa shape index (κ1) is 10.8. The summed E-state index contributed by atoms with van der Waals surface area (Å²) >= 11 is 0. The van der Waals surface area contributed by atoms with Crippen molar-refractivity contribution in [2.75, 3.05) is 13.2 Å². The van der Waals surface area contributed by atoms with Gasteiger partial charge >= 0.3 is 7.12 Å². The zero-order chi connectivity index (χ0) is 11.7. The highest BCUT2D eigenvalue weighted by molar-refractivity contribution is 6.63. The lowest BCUT2D eigenvalue weighted by molar-refractivity contribution is 0.216. The van der Waals surface area contributed by atoms with Crippen LogP contribution in [0.25, 0.3) is 10.8 Å². The van der Waals surface area contributed by atoms with Crippen LogP contribution in [0.3, 0.4) is 0 Å². The molecule has 0 saturated heterocycles. The van der Waals surface area contributed by atoms with Crippen LogP contribution >= 0.6 is 0 Å². The molecular weight excluding hydrogens is 213 g/mol. The van der Waals surface area contributed by atoms with Gasteiger partial charge in [-0.05, 0) is 27.9 Å². The molecule has 1 heterocycles. The van der Waals surface area contributed by atoms with Crippen LogP contribution in [-0.2, 0) is 15.9 Å². The minimum absolute atomic E-state index is 0.252. The first-order valence-electron chi connectivity index (χ1n) is 5.83. The summed E-state index contributed by atoms with van der Waals surface area (Å²) < 4.78 is 11.2. The lowest BCUT2D eigenvalue weighted by atomic mass is 9.78. The Bertz CT molecular complexity index is 544. The molecule has 17 heavy (non-hydrogen) atoms. The van der Waals surface area contributed by atoms with E-state index in [4.69, 9.17) is 15.0 Å². The van der Waals surface area contributed by atoms with Crippen molar-refractivity contribution in [2.24, 2.45) is 5.73 Å². The summed E-state index contributed by atoms with van der Waals surface area (Å²) in [4.78, 5) is 0. The summed E-state index contributed by atoms with van der Waals surface area (Å²) in [6, 6.07) is 12.6. The van der Waals surface area contributed by atoms with Crippen molar-refractivity contribution in [2.45, 2.75) is 6.61 Å². The minimum Gasteiger partial charge on any atom is -0.406 e. The second-order valence-electron chi connectivity index (χ2n) is 4.20. The molecule has 0 fully saturated rings. The molecule has 0 atom stereocenters. The van der Waals surface area contributed by atoms with Gasteiger partial charge in [0.1, 0.15) is 0 Å². The largest absolute Gasteiger partial charge is 0.494 e. The Hall–Kier alpha value is -1.36. The number of benzene rings is 2. The van der Waals surface area contributed by atoms with Crippen molar-refractivity contribution in [3.63, 3.8) is 0 Å². The van der Waals surface area contributed by atoms with Crippen molar-refractivity contribution in [3.8, 4) is 0 Å². The van der Waals surface area contributed by atoms with Crippen molar-refractivity contribution < 1.29 is 9.31 Å². The van der Waals surface area contributed by atoms with Gasteiger partial charge in [0.2, 0.25) is 0 Å². The Kier molecular flexibility index (Phi) is 2.85. The molecule has 0 saturated carbocycles. The van der Waals surface area contributed by atoms with Crippen LogP contribution in [0, 0.1) is 0 Å². The van der Waals surface area contributed by atoms with Crippen LogP contribution in [0.2, 0.25) is 0 Å². The quantitative estimate of drug-likeness (QED) is 0.796. The average molecular weight is 227 g/mol. The molecule has 1 aliphatic heterocycles. The van der Waals surface area contributed by atoms with E-state index in [-0.39, 0.29) is 7.12 Å². The molecule has 0 amide bonds. The number of hydrogen-bond acceptors (Lipinski definition) is 3. The minimum atomic E-state index is -0.252. The zero-order valence-corrected chi connectivity index (χ0v) is 9.56. The van der Waals surface area contributed by atoms with E-state index in [0.717, 1.165) is 5.46 Å². The highest BCUT2D eigenvalue weighted by Gasteiger charge is 2.30. The third-order valence-corrected chi connectivity index (χ3v) is 3.04. The number of rotatable bonds is 3. The SMILES string of the molecule is NCCOB1OCc2cc3ccccc3cc21. The molecule has 0 unspecified atom stereocenters. The first-order valence-corrected chi connectivity index (χ1v) is 5.83. The van der Waals surface area contributed by atoms with Gasteiger partial charge in [0.25, 0.3) is 0 Å². The lowest BCUT2D eigenvalue weighted by Crippen LogP contribution is -2.33. The van der Waals surface area contributed by atoms with Gasteiger partial charge in [0.15, 0.2) is 0 Å². The number of fused-ring (bicyclic) bond motifs is 2. The molecule has 2 aromatic carbocycles. The van der Waals surface area contributed by atoms with Crippen molar-refractivity contribution >= 4 is 23.4 Å². The van der Waals surface area contributed by atoms with E-state index in [1.54, 1.807) is 0 Å². The Morgan fingerprint density at radius 1 is 1.24 bits per heavy atom. The van der Waals surface area contributed by atoms with Crippen molar-refractivity contribution in [1.82, 2.24) is 0 Å². The van der Waals surface area contributed by atoms with Gasteiger partial charge in [-0.2, -0.15) is 0 Å². The smallest absolute Gasteiger partial charge is 0.406 e. The van der Waals surface area contributed by atoms with Gasteiger partial charge in [-0.3, -0.25) is 0 Å². The van der Waals surface area contributed by atoms with Crippen molar-refractivity contribution in [1.29, 1.82) is 0 Å². The molecule has 4 heteroatoms. The molecule has 2 aromatic rings. The zero-order valence-electron chi connectivity index (χ0n) is 9.56. The molecule has 1 aliphatic rings. The lowest BCUT2D eigenvalue weighted by Gasteiger charge is -2.07. The standard InChI is InChI=1S/C13H14BNO2/c15-5-6-16-14-13-8-11-4-2-1-3-10(11)7-12(13)9-17-14/h1-4,7-8H,5-6,9,15H2. The predicted octanol–water partition coefficient (Wildman–Crippen LogP) is 1.04. The fourth-order valence-electron chi connectivity index (χ4n) is 2.22. The third-order valence-electron chi connectivity index (χ3n) is 3.04. The molecule has 86 valence electrons. The van der Waals surface area contributed by atoms with Crippen LogP contribution in [0.15, 0.2) is 36.4 Å². The average Bonchev–Trinajstić information content (AvgIpc) is 2.76. The molecular formula is C13H14BNO2. The maximum atomic E-state index is 5.62. The van der Waals surface area contributed by atoms with Crippen molar-refractivity contribution in [3.05, 3.63) is 42.0 Å². The monoisotopic (exact) mass is 227 g/mol. The second kappa shape index (κ2) is 4.49. The van der Waals surface area contributed by atoms with E-state index in [9.17, 15) is 0 Å². The highest BCUT2D eigenvalue weighted by atomic mass is 16.6. The number of hydrogen-bond donors (Lipinski definition) is 1. The van der Waals surface area contributed by atoms with Gasteiger partial charge in [-0.25, -0.2) is 0 Å². The fraction of sp³-hybridized carbons (Fsp3) is 0.231. The van der Waals surface area contributed by atoms with E-state index in [2.05, 4.69) is 24.3 Å². The molecule has 0 bridgehead atoms. The van der Waals surface area contributed by atoms with Gasteiger partial charge in [-0.1, -0.05) is 30.3 Å². The van der Waals surface area contributed by atoms with Gasteiger partial charge in [0.05, 0.1) is 6.61 Å². The third kappa shape index (κ3) is 1.95. The molecule has 0 radical (unpaired) electrons. The normalized spacial score (nSPS) is 14.3. The van der Waals surface area contributed by atoms with Crippen LogP contribution in [0.4, 0.5) is 0 Å². The summed E-state index contributed by atoms with van der Waals surface area (Å²) in [5.74, 6) is 0. The number of nitrogens with two attached hydrogens (primary N) is 1. The topological polar surface area (TPSA) is 44.5 Å². The molecule has 0 aromatic heterocycles. The Morgan fingerprint density at radius 3 is 2.76 bits per heavy atom. The molecule has 0 aliphatic carbocycles. The Morgan fingerprint density at radius 2 is 2.00 bits per heavy atom. The molecule has 2 N–H and O–H groups in total. The van der Waals surface area contributed by atoms with Gasteiger partial charge in [0, 0.05) is 13.2 Å². The van der Waals surface area contributed by atoms with Gasteiger partial charge in [-0.15, -0.1) is 0 Å². The molecule has 3 nitrogen and oxygen atoms in total. The van der Waals surface area contributed by atoms with Crippen LogP contribution in [0.5, 0.6) is 0 Å². The van der Waals surface area contributed by atoms with E-state index < -0.39 is 0 Å².